The first-order valence-electron chi connectivity index (χ1n) is 6.74. The summed E-state index contributed by atoms with van der Waals surface area (Å²) in [6, 6.07) is 9.84. The minimum absolute atomic E-state index is 0.0712. The molecule has 3 rings (SSSR count). The third-order valence-electron chi connectivity index (χ3n) is 3.06. The molecule has 1 N–H and O–H groups in total. The summed E-state index contributed by atoms with van der Waals surface area (Å²) in [5.74, 6) is -0.0287. The monoisotopic (exact) mass is 308 g/mol. The molecule has 0 fully saturated rings. The van der Waals surface area contributed by atoms with E-state index in [1.165, 1.54) is 30.3 Å². The summed E-state index contributed by atoms with van der Waals surface area (Å²) in [6.07, 6.45) is 2.86. The minimum Gasteiger partial charge on any atom is -0.321 e. The highest BCUT2D eigenvalue weighted by atomic mass is 16.2. The van der Waals surface area contributed by atoms with E-state index in [4.69, 9.17) is 0 Å². The molecular formula is C15H12N6O2. The van der Waals surface area contributed by atoms with Crippen molar-refractivity contribution in [1.82, 2.24) is 25.0 Å². The van der Waals surface area contributed by atoms with Crippen LogP contribution < -0.4 is 5.32 Å². The first kappa shape index (κ1) is 14.5. The van der Waals surface area contributed by atoms with Crippen LogP contribution in [0.25, 0.3) is 5.82 Å². The van der Waals surface area contributed by atoms with Gasteiger partial charge in [-0.1, -0.05) is 12.1 Å². The van der Waals surface area contributed by atoms with Crippen molar-refractivity contribution in [3.63, 3.8) is 0 Å². The lowest BCUT2D eigenvalue weighted by Crippen LogP contribution is -2.15. The number of carbonyl (C=O) groups excluding carboxylic acids is 2. The lowest BCUT2D eigenvalue weighted by molar-refractivity contribution is 0.100. The number of rotatable bonds is 4. The third kappa shape index (κ3) is 3.26. The number of anilines is 1. The van der Waals surface area contributed by atoms with Crippen LogP contribution in [0.4, 0.5) is 5.69 Å². The predicted octanol–water partition coefficient (Wildman–Crippen LogP) is 1.51. The molecule has 1 aromatic carbocycles. The molecule has 0 aliphatic heterocycles. The van der Waals surface area contributed by atoms with Crippen LogP contribution in [0.1, 0.15) is 27.8 Å². The van der Waals surface area contributed by atoms with Gasteiger partial charge in [0, 0.05) is 11.3 Å². The van der Waals surface area contributed by atoms with Gasteiger partial charge in [0.15, 0.2) is 17.3 Å². The van der Waals surface area contributed by atoms with Crippen LogP contribution in [-0.4, -0.2) is 36.7 Å². The third-order valence-corrected chi connectivity index (χ3v) is 3.06. The Bertz CT molecular complexity index is 843. The van der Waals surface area contributed by atoms with Crippen molar-refractivity contribution in [2.75, 3.05) is 5.32 Å². The van der Waals surface area contributed by atoms with Crippen LogP contribution in [0.5, 0.6) is 0 Å². The number of ketones is 1. The van der Waals surface area contributed by atoms with Gasteiger partial charge in [-0.15, -0.1) is 10.2 Å². The summed E-state index contributed by atoms with van der Waals surface area (Å²) in [7, 11) is 0. The SMILES string of the molecule is CC(=O)c1cccc(NC(=O)c2ccc(-n3cncn3)nn2)c1. The molecule has 0 spiro atoms. The van der Waals surface area contributed by atoms with E-state index >= 15 is 0 Å². The van der Waals surface area contributed by atoms with Crippen LogP contribution in [0.3, 0.4) is 0 Å². The molecule has 114 valence electrons. The Labute approximate surface area is 131 Å². The van der Waals surface area contributed by atoms with Crippen molar-refractivity contribution in [2.45, 2.75) is 6.92 Å². The van der Waals surface area contributed by atoms with E-state index in [1.54, 1.807) is 30.3 Å². The van der Waals surface area contributed by atoms with Crippen LogP contribution in [0.15, 0.2) is 49.1 Å². The Morgan fingerprint density at radius 2 is 2.00 bits per heavy atom. The Kier molecular flexibility index (Phi) is 3.88. The van der Waals surface area contributed by atoms with Gasteiger partial charge in [0.1, 0.15) is 12.7 Å². The van der Waals surface area contributed by atoms with Gasteiger partial charge in [-0.25, -0.2) is 9.67 Å². The van der Waals surface area contributed by atoms with Crippen LogP contribution >= 0.6 is 0 Å². The Morgan fingerprint density at radius 1 is 1.13 bits per heavy atom. The predicted molar refractivity (Wildman–Crippen MR) is 81.3 cm³/mol. The number of nitrogens with zero attached hydrogens (tertiary/aromatic N) is 5. The smallest absolute Gasteiger partial charge is 0.276 e. The fraction of sp³-hybridized carbons (Fsp3) is 0.0667. The molecule has 0 atom stereocenters. The number of Topliss-reactive ketones (excluding diaryl/α,β-unsaturated/α-hetero) is 1. The molecule has 1 amide bonds. The van der Waals surface area contributed by atoms with E-state index in [9.17, 15) is 9.59 Å². The number of hydrogen-bond donors (Lipinski definition) is 1. The number of amides is 1. The summed E-state index contributed by atoms with van der Waals surface area (Å²) in [6.45, 7) is 1.47. The summed E-state index contributed by atoms with van der Waals surface area (Å²) in [5, 5.41) is 14.4. The van der Waals surface area contributed by atoms with Gasteiger partial charge in [-0.3, -0.25) is 9.59 Å². The van der Waals surface area contributed by atoms with Gasteiger partial charge in [-0.2, -0.15) is 5.10 Å². The maximum absolute atomic E-state index is 12.2. The zero-order chi connectivity index (χ0) is 16.2. The average Bonchev–Trinajstić information content (AvgIpc) is 3.09. The molecule has 0 aliphatic rings. The summed E-state index contributed by atoms with van der Waals surface area (Å²) in [4.78, 5) is 27.3. The van der Waals surface area contributed by atoms with Crippen molar-refractivity contribution in [3.8, 4) is 5.82 Å². The highest BCUT2D eigenvalue weighted by molar-refractivity contribution is 6.03. The van der Waals surface area contributed by atoms with E-state index in [-0.39, 0.29) is 11.5 Å². The maximum atomic E-state index is 12.2. The van der Waals surface area contributed by atoms with E-state index in [0.717, 1.165) is 0 Å². The zero-order valence-corrected chi connectivity index (χ0v) is 12.2. The first-order chi connectivity index (χ1) is 11.1. The maximum Gasteiger partial charge on any atom is 0.276 e. The van der Waals surface area contributed by atoms with Gasteiger partial charge in [0.2, 0.25) is 0 Å². The molecule has 0 bridgehead atoms. The Hall–Kier alpha value is -3.42. The second-order valence-electron chi connectivity index (χ2n) is 4.71. The topological polar surface area (TPSA) is 103 Å². The molecule has 0 aliphatic carbocycles. The highest BCUT2D eigenvalue weighted by Gasteiger charge is 2.10. The molecule has 8 heteroatoms. The van der Waals surface area contributed by atoms with Gasteiger partial charge in [-0.05, 0) is 31.2 Å². The summed E-state index contributed by atoms with van der Waals surface area (Å²) >= 11 is 0. The number of carbonyl (C=O) groups is 2. The standard InChI is InChI=1S/C15H12N6O2/c1-10(22)11-3-2-4-12(7-11)18-15(23)13-5-6-14(20-19-13)21-9-16-8-17-21/h2-9H,1H3,(H,18,23). The van der Waals surface area contributed by atoms with Crippen molar-refractivity contribution in [1.29, 1.82) is 0 Å². The molecular weight excluding hydrogens is 296 g/mol. The number of benzene rings is 1. The molecule has 3 aromatic rings. The Balaban J connectivity index is 1.76. The number of aromatic nitrogens is 5. The second-order valence-corrected chi connectivity index (χ2v) is 4.71. The molecule has 0 saturated heterocycles. The Morgan fingerprint density at radius 3 is 2.65 bits per heavy atom. The zero-order valence-electron chi connectivity index (χ0n) is 12.2. The highest BCUT2D eigenvalue weighted by Crippen LogP contribution is 2.12. The van der Waals surface area contributed by atoms with Crippen LogP contribution in [0, 0.1) is 0 Å². The van der Waals surface area contributed by atoms with Crippen LogP contribution in [0.2, 0.25) is 0 Å². The molecule has 0 unspecified atom stereocenters. The summed E-state index contributed by atoms with van der Waals surface area (Å²) < 4.78 is 1.44. The van der Waals surface area contributed by atoms with E-state index in [0.29, 0.717) is 17.1 Å². The molecule has 2 aromatic heterocycles. The van der Waals surface area contributed by atoms with Gasteiger partial charge >= 0.3 is 0 Å². The van der Waals surface area contributed by atoms with E-state index < -0.39 is 5.91 Å². The lowest BCUT2D eigenvalue weighted by Gasteiger charge is -2.06. The molecule has 0 radical (unpaired) electrons. The van der Waals surface area contributed by atoms with Crippen molar-refractivity contribution >= 4 is 17.4 Å². The molecule has 0 saturated carbocycles. The lowest BCUT2D eigenvalue weighted by atomic mass is 10.1. The van der Waals surface area contributed by atoms with Gasteiger partial charge in [0.25, 0.3) is 5.91 Å². The molecule has 8 nitrogen and oxygen atoms in total. The van der Waals surface area contributed by atoms with Crippen molar-refractivity contribution < 1.29 is 9.59 Å². The summed E-state index contributed by atoms with van der Waals surface area (Å²) in [5.41, 5.74) is 1.20. The van der Waals surface area contributed by atoms with Gasteiger partial charge in [0.05, 0.1) is 0 Å². The molecule has 2 heterocycles. The van der Waals surface area contributed by atoms with E-state index in [1.807, 2.05) is 0 Å². The second kappa shape index (κ2) is 6.14. The fourth-order valence-corrected chi connectivity index (χ4v) is 1.91. The minimum atomic E-state index is -0.414. The van der Waals surface area contributed by atoms with E-state index in [2.05, 4.69) is 25.6 Å². The van der Waals surface area contributed by atoms with Crippen molar-refractivity contribution in [3.05, 3.63) is 60.3 Å². The number of nitrogens with one attached hydrogen (secondary N) is 1. The average molecular weight is 308 g/mol. The van der Waals surface area contributed by atoms with Crippen LogP contribution in [-0.2, 0) is 0 Å². The van der Waals surface area contributed by atoms with Gasteiger partial charge < -0.3 is 5.32 Å². The largest absolute Gasteiger partial charge is 0.321 e. The van der Waals surface area contributed by atoms with Crippen molar-refractivity contribution in [2.24, 2.45) is 0 Å². The number of hydrogen-bond acceptors (Lipinski definition) is 6. The normalized spacial score (nSPS) is 10.3. The fourth-order valence-electron chi connectivity index (χ4n) is 1.91. The molecule has 23 heavy (non-hydrogen) atoms. The quantitative estimate of drug-likeness (QED) is 0.733. The first-order valence-corrected chi connectivity index (χ1v) is 6.74.